The third-order valence-electron chi connectivity index (χ3n) is 5.42. The fraction of sp³-hybridized carbons (Fsp3) is 0. The molecule has 0 unspecified atom stereocenters. The van der Waals surface area contributed by atoms with Crippen LogP contribution in [-0.4, -0.2) is 14.5 Å². The molecule has 0 aliphatic rings. The van der Waals surface area contributed by atoms with Gasteiger partial charge in [-0.3, -0.25) is 0 Å². The Balaban J connectivity index is 0.00000241. The zero-order valence-corrected chi connectivity index (χ0v) is 20.0. The van der Waals surface area contributed by atoms with Crippen molar-refractivity contribution in [2.45, 2.75) is 0 Å². The van der Waals surface area contributed by atoms with Crippen LogP contribution in [0.1, 0.15) is 0 Å². The number of aromatic nitrogens is 3. The maximum absolute atomic E-state index is 13.4. The van der Waals surface area contributed by atoms with E-state index in [-0.39, 0.29) is 26.9 Å². The third-order valence-corrected chi connectivity index (χ3v) is 5.42. The van der Waals surface area contributed by atoms with Crippen LogP contribution in [0.4, 0.5) is 4.39 Å². The average molecular weight is 625 g/mol. The smallest absolute Gasteiger partial charge is 0.460 e. The van der Waals surface area contributed by atoms with Gasteiger partial charge in [-0.05, 0) is 35.2 Å². The van der Waals surface area contributed by atoms with Crippen molar-refractivity contribution in [2.24, 2.45) is 0 Å². The van der Waals surface area contributed by atoms with E-state index in [1.165, 1.54) is 6.07 Å². The minimum atomic E-state index is -0.593. The van der Waals surface area contributed by atoms with Crippen LogP contribution in [0.5, 0.6) is 11.6 Å². The monoisotopic (exact) mass is 624 g/mol. The largest absolute Gasteiger partial charge is 2.00 e. The number of para-hydroxylation sites is 1. The van der Waals surface area contributed by atoms with Crippen molar-refractivity contribution in [1.82, 2.24) is 14.5 Å². The summed E-state index contributed by atoms with van der Waals surface area (Å²) < 4.78 is 21.2. The van der Waals surface area contributed by atoms with Crippen molar-refractivity contribution in [1.29, 1.82) is 0 Å². The molecule has 0 aliphatic heterocycles. The molecule has 166 valence electrons. The molecule has 0 fully saturated rings. The van der Waals surface area contributed by atoms with Gasteiger partial charge in [-0.15, -0.1) is 18.2 Å². The zero-order chi connectivity index (χ0) is 22.2. The minimum absolute atomic E-state index is 0. The van der Waals surface area contributed by atoms with Crippen molar-refractivity contribution in [3.8, 4) is 28.6 Å². The number of benzene rings is 3. The number of pyridine rings is 2. The molecule has 6 aromatic rings. The summed E-state index contributed by atoms with van der Waals surface area (Å²) in [6.45, 7) is 0. The van der Waals surface area contributed by atoms with Gasteiger partial charge in [0.2, 0.25) is 11.8 Å². The minimum Gasteiger partial charge on any atom is -0.460 e. The molecule has 0 saturated heterocycles. The average Bonchev–Trinajstić information content (AvgIpc) is 3.18. The van der Waals surface area contributed by atoms with Gasteiger partial charge in [-0.1, -0.05) is 35.7 Å². The van der Waals surface area contributed by atoms with E-state index in [1.54, 1.807) is 24.4 Å². The number of ether oxygens (including phenoxy) is 1. The van der Waals surface area contributed by atoms with Gasteiger partial charge in [0.25, 0.3) is 0 Å². The van der Waals surface area contributed by atoms with Crippen LogP contribution < -0.4 is 4.74 Å². The maximum atomic E-state index is 13.4. The predicted molar refractivity (Wildman–Crippen MR) is 126 cm³/mol. The quantitative estimate of drug-likeness (QED) is 0.161. The van der Waals surface area contributed by atoms with E-state index in [9.17, 15) is 4.39 Å². The van der Waals surface area contributed by atoms with Gasteiger partial charge in [0.1, 0.15) is 5.82 Å². The van der Waals surface area contributed by atoms with Gasteiger partial charge in [0, 0.05) is 23.5 Å². The van der Waals surface area contributed by atoms with Crippen molar-refractivity contribution >= 4 is 21.8 Å². The summed E-state index contributed by atoms with van der Waals surface area (Å²) >= 11 is 0. The topological polar surface area (TPSA) is 39.9 Å². The molecule has 0 aliphatic carbocycles. The van der Waals surface area contributed by atoms with Gasteiger partial charge in [-0.2, -0.15) is 33.6 Å². The maximum Gasteiger partial charge on any atom is 2.00 e. The molecule has 3 aromatic heterocycles. The Kier molecular flexibility index (Phi) is 5.95. The van der Waals surface area contributed by atoms with E-state index in [0.717, 1.165) is 38.8 Å². The van der Waals surface area contributed by atoms with Crippen LogP contribution in [0.25, 0.3) is 38.8 Å². The van der Waals surface area contributed by atoms with Crippen molar-refractivity contribution in [3.05, 3.63) is 115 Å². The molecule has 4 nitrogen and oxygen atoms in total. The second-order valence-corrected chi connectivity index (χ2v) is 7.50. The third kappa shape index (κ3) is 4.00. The second kappa shape index (κ2) is 9.20. The first kappa shape index (κ1) is 22.0. The number of hydrogen-bond acceptors (Lipinski definition) is 3. The van der Waals surface area contributed by atoms with Crippen molar-refractivity contribution in [2.75, 3.05) is 0 Å². The van der Waals surface area contributed by atoms with Crippen LogP contribution in [0.3, 0.4) is 0 Å². The molecule has 0 amide bonds. The molecule has 3 aromatic carbocycles. The van der Waals surface area contributed by atoms with Crippen molar-refractivity contribution < 1.29 is 30.2 Å². The molecule has 0 N–H and O–H groups in total. The molecule has 34 heavy (non-hydrogen) atoms. The Labute approximate surface area is 209 Å². The summed E-state index contributed by atoms with van der Waals surface area (Å²) in [5.74, 6) is 0.864. The van der Waals surface area contributed by atoms with Crippen LogP contribution in [0, 0.1) is 18.1 Å². The van der Waals surface area contributed by atoms with Gasteiger partial charge < -0.3 is 9.30 Å². The molecule has 6 heteroatoms. The van der Waals surface area contributed by atoms with Gasteiger partial charge >= 0.3 is 21.1 Å². The molecule has 0 atom stereocenters. The summed E-state index contributed by atoms with van der Waals surface area (Å²) in [4.78, 5) is 8.32. The Bertz CT molecular complexity index is 1620. The number of halogens is 1. The first-order chi connectivity index (χ1) is 16.3. The molecule has 0 radical (unpaired) electrons. The van der Waals surface area contributed by atoms with Gasteiger partial charge in [-0.25, -0.2) is 16.1 Å². The molecule has 3 heterocycles. The summed E-state index contributed by atoms with van der Waals surface area (Å²) in [5, 5.41) is 2.23. The van der Waals surface area contributed by atoms with Crippen LogP contribution in [0.2, 0.25) is 0 Å². The van der Waals surface area contributed by atoms with Crippen LogP contribution in [-0.2, 0) is 21.1 Å². The Morgan fingerprint density at radius 3 is 2.41 bits per heavy atom. The number of hydrogen-bond donors (Lipinski definition) is 0. The molecule has 0 saturated carbocycles. The van der Waals surface area contributed by atoms with E-state index in [4.69, 9.17) is 4.74 Å². The molecular weight excluding hydrogens is 608 g/mol. The molecule has 0 spiro atoms. The number of fused-ring (bicyclic) bond motifs is 3. The molecule has 6 rings (SSSR count). The Hall–Kier alpha value is -3.82. The van der Waals surface area contributed by atoms with E-state index < -0.39 is 5.95 Å². The summed E-state index contributed by atoms with van der Waals surface area (Å²) in [5.41, 5.74) is 3.67. The van der Waals surface area contributed by atoms with Crippen LogP contribution >= 0.6 is 0 Å². The molecule has 0 bridgehead atoms. The first-order valence-electron chi connectivity index (χ1n) is 10.5. The summed E-state index contributed by atoms with van der Waals surface area (Å²) in [6, 6.07) is 35.0. The SMILES string of the molecule is Fc1cccc(Oc2[c-]c(-c3[c-]c4c(cc3)c3ccccc3n4-c3ccccn3)ccc2)n1.[Pt+2]. The number of rotatable bonds is 4. The Morgan fingerprint density at radius 1 is 0.735 bits per heavy atom. The normalized spacial score (nSPS) is 10.9. The van der Waals surface area contributed by atoms with E-state index in [2.05, 4.69) is 44.9 Å². The predicted octanol–water partition coefficient (Wildman–Crippen LogP) is 6.77. The van der Waals surface area contributed by atoms with E-state index in [1.807, 2.05) is 48.5 Å². The molecular formula is C28H16FN3OPt. The van der Waals surface area contributed by atoms with Gasteiger partial charge in [0.15, 0.2) is 0 Å². The zero-order valence-electron chi connectivity index (χ0n) is 17.7. The van der Waals surface area contributed by atoms with Gasteiger partial charge in [0.05, 0.1) is 0 Å². The van der Waals surface area contributed by atoms with E-state index >= 15 is 0 Å². The fourth-order valence-electron chi connectivity index (χ4n) is 4.00. The second-order valence-electron chi connectivity index (χ2n) is 7.50. The summed E-state index contributed by atoms with van der Waals surface area (Å²) in [7, 11) is 0. The van der Waals surface area contributed by atoms with Crippen LogP contribution in [0.15, 0.2) is 97.2 Å². The fourth-order valence-corrected chi connectivity index (χ4v) is 4.00. The van der Waals surface area contributed by atoms with Crippen molar-refractivity contribution in [3.63, 3.8) is 0 Å². The Morgan fingerprint density at radius 2 is 1.56 bits per heavy atom. The van der Waals surface area contributed by atoms with E-state index in [0.29, 0.717) is 5.75 Å². The number of nitrogens with zero attached hydrogens (tertiary/aromatic N) is 3. The first-order valence-corrected chi connectivity index (χ1v) is 10.5. The standard InChI is InChI=1S/C28H16FN3O.Pt/c29-26-11-6-13-28(31-26)33-21-8-5-7-19(17-21)20-14-15-23-22-9-1-2-10-24(22)32(25(23)18-20)27-12-3-4-16-30-27;/h1-16H;/q-2;+2. The summed E-state index contributed by atoms with van der Waals surface area (Å²) in [6.07, 6.45) is 1.79.